The Bertz CT molecular complexity index is 702. The fourth-order valence-corrected chi connectivity index (χ4v) is 3.45. The number of benzene rings is 2. The number of hydrogen-bond acceptors (Lipinski definition) is 2. The topological polar surface area (TPSA) is 20.2 Å². The lowest BCUT2D eigenvalue weighted by Crippen LogP contribution is -2.07. The zero-order chi connectivity index (χ0) is 13.9. The van der Waals surface area contributed by atoms with Crippen molar-refractivity contribution in [1.82, 2.24) is 0 Å². The molecule has 3 aromatic rings. The number of rotatable bonds is 4. The smallest absolute Gasteiger partial charge is 0.123 e. The van der Waals surface area contributed by atoms with Crippen LogP contribution < -0.4 is 0 Å². The first-order valence-electron chi connectivity index (χ1n) is 6.59. The van der Waals surface area contributed by atoms with Gasteiger partial charge in [0.05, 0.1) is 6.61 Å². The van der Waals surface area contributed by atoms with E-state index in [9.17, 15) is 9.50 Å². The number of hydrogen-bond donors (Lipinski definition) is 1. The Morgan fingerprint density at radius 1 is 1.05 bits per heavy atom. The van der Waals surface area contributed by atoms with Gasteiger partial charge in [-0.3, -0.25) is 0 Å². The third-order valence-corrected chi connectivity index (χ3v) is 4.60. The molecule has 3 heteroatoms. The Morgan fingerprint density at radius 3 is 2.55 bits per heavy atom. The van der Waals surface area contributed by atoms with Gasteiger partial charge < -0.3 is 5.11 Å². The first kappa shape index (κ1) is 13.3. The van der Waals surface area contributed by atoms with Gasteiger partial charge in [0, 0.05) is 10.6 Å². The summed E-state index contributed by atoms with van der Waals surface area (Å²) in [6.45, 7) is 0.0653. The van der Waals surface area contributed by atoms with Crippen LogP contribution in [0.4, 0.5) is 4.39 Å². The Labute approximate surface area is 121 Å². The largest absolute Gasteiger partial charge is 0.396 e. The summed E-state index contributed by atoms with van der Waals surface area (Å²) in [5.41, 5.74) is 2.22. The molecule has 0 bridgehead atoms. The zero-order valence-electron chi connectivity index (χ0n) is 10.9. The van der Waals surface area contributed by atoms with Gasteiger partial charge in [-0.25, -0.2) is 4.39 Å². The van der Waals surface area contributed by atoms with Gasteiger partial charge in [0.1, 0.15) is 5.82 Å². The van der Waals surface area contributed by atoms with Crippen LogP contribution >= 0.6 is 11.3 Å². The van der Waals surface area contributed by atoms with Gasteiger partial charge in [-0.1, -0.05) is 30.3 Å². The van der Waals surface area contributed by atoms with Gasteiger partial charge in [0.2, 0.25) is 0 Å². The van der Waals surface area contributed by atoms with E-state index in [1.807, 2.05) is 12.1 Å². The molecule has 0 saturated heterocycles. The molecule has 1 N–H and O–H groups in total. The van der Waals surface area contributed by atoms with Crippen molar-refractivity contribution in [3.05, 3.63) is 70.9 Å². The third-order valence-electron chi connectivity index (χ3n) is 3.59. The zero-order valence-corrected chi connectivity index (χ0v) is 11.7. The van der Waals surface area contributed by atoms with Crippen LogP contribution in [0.3, 0.4) is 0 Å². The predicted octanol–water partition coefficient (Wildman–Crippen LogP) is 4.36. The molecule has 0 aliphatic rings. The Hall–Kier alpha value is -1.71. The number of fused-ring (bicyclic) bond motifs is 1. The Kier molecular flexibility index (Phi) is 3.81. The van der Waals surface area contributed by atoms with Crippen LogP contribution in [0.5, 0.6) is 0 Å². The van der Waals surface area contributed by atoms with Crippen molar-refractivity contribution < 1.29 is 9.50 Å². The maximum atomic E-state index is 13.0. The fraction of sp³-hybridized carbons (Fsp3) is 0.176. The summed E-state index contributed by atoms with van der Waals surface area (Å²) in [4.78, 5) is 0. The summed E-state index contributed by atoms with van der Waals surface area (Å²) in [7, 11) is 0. The maximum absolute atomic E-state index is 13.0. The van der Waals surface area contributed by atoms with Gasteiger partial charge in [-0.2, -0.15) is 0 Å². The molecule has 102 valence electrons. The van der Waals surface area contributed by atoms with Crippen LogP contribution in [0.2, 0.25) is 0 Å². The SMILES string of the molecule is OCC(Cc1csc2ccccc12)c1ccc(F)cc1. The van der Waals surface area contributed by atoms with Crippen molar-refractivity contribution >= 4 is 21.4 Å². The van der Waals surface area contributed by atoms with Crippen LogP contribution in [-0.4, -0.2) is 11.7 Å². The number of aliphatic hydroxyl groups is 1. The molecule has 0 fully saturated rings. The monoisotopic (exact) mass is 286 g/mol. The second-order valence-electron chi connectivity index (χ2n) is 4.89. The van der Waals surface area contributed by atoms with E-state index in [1.165, 1.54) is 27.8 Å². The normalized spacial score (nSPS) is 12.7. The molecule has 0 spiro atoms. The first-order chi connectivity index (χ1) is 9.78. The summed E-state index contributed by atoms with van der Waals surface area (Å²) in [6.07, 6.45) is 0.770. The summed E-state index contributed by atoms with van der Waals surface area (Å²) in [5.74, 6) is -0.236. The Balaban J connectivity index is 1.89. The Morgan fingerprint density at radius 2 is 1.80 bits per heavy atom. The molecule has 0 radical (unpaired) electrons. The summed E-state index contributed by atoms with van der Waals surface area (Å²) < 4.78 is 14.2. The van der Waals surface area contributed by atoms with E-state index >= 15 is 0 Å². The second kappa shape index (κ2) is 5.73. The van der Waals surface area contributed by atoms with Crippen LogP contribution in [0, 0.1) is 5.82 Å². The molecule has 0 aliphatic carbocycles. The number of thiophene rings is 1. The van der Waals surface area contributed by atoms with Crippen molar-refractivity contribution in [1.29, 1.82) is 0 Å². The van der Waals surface area contributed by atoms with Crippen molar-refractivity contribution in [2.45, 2.75) is 12.3 Å². The highest BCUT2D eigenvalue weighted by Crippen LogP contribution is 2.30. The lowest BCUT2D eigenvalue weighted by molar-refractivity contribution is 0.264. The summed E-state index contributed by atoms with van der Waals surface area (Å²) >= 11 is 1.72. The highest BCUT2D eigenvalue weighted by atomic mass is 32.1. The van der Waals surface area contributed by atoms with E-state index in [1.54, 1.807) is 23.5 Å². The van der Waals surface area contributed by atoms with E-state index in [-0.39, 0.29) is 18.3 Å². The minimum atomic E-state index is -0.244. The van der Waals surface area contributed by atoms with E-state index in [2.05, 4.69) is 17.5 Å². The molecule has 0 saturated carbocycles. The van der Waals surface area contributed by atoms with Crippen molar-refractivity contribution in [3.63, 3.8) is 0 Å². The molecule has 3 rings (SSSR count). The highest BCUT2D eigenvalue weighted by molar-refractivity contribution is 7.17. The quantitative estimate of drug-likeness (QED) is 0.755. The number of aliphatic hydroxyl groups excluding tert-OH is 1. The molecule has 0 amide bonds. The van der Waals surface area contributed by atoms with Gasteiger partial charge in [0.25, 0.3) is 0 Å². The van der Waals surface area contributed by atoms with Gasteiger partial charge >= 0.3 is 0 Å². The van der Waals surface area contributed by atoms with E-state index in [4.69, 9.17) is 0 Å². The average molecular weight is 286 g/mol. The molecule has 1 atom stereocenters. The van der Waals surface area contributed by atoms with E-state index in [0.717, 1.165) is 12.0 Å². The molecule has 1 heterocycles. The van der Waals surface area contributed by atoms with Gasteiger partial charge in [-0.05, 0) is 46.5 Å². The molecule has 1 nitrogen and oxygen atoms in total. The van der Waals surface area contributed by atoms with Crippen LogP contribution in [-0.2, 0) is 6.42 Å². The minimum absolute atomic E-state index is 0.00797. The maximum Gasteiger partial charge on any atom is 0.123 e. The minimum Gasteiger partial charge on any atom is -0.396 e. The lowest BCUT2D eigenvalue weighted by Gasteiger charge is -2.14. The van der Waals surface area contributed by atoms with Crippen LogP contribution in [0.25, 0.3) is 10.1 Å². The molecule has 0 aliphatic heterocycles. The summed E-state index contributed by atoms with van der Waals surface area (Å²) in [5, 5.41) is 13.0. The molecular weight excluding hydrogens is 271 g/mol. The van der Waals surface area contributed by atoms with Crippen LogP contribution in [0.15, 0.2) is 53.9 Å². The van der Waals surface area contributed by atoms with Gasteiger partial charge in [-0.15, -0.1) is 11.3 Å². The highest BCUT2D eigenvalue weighted by Gasteiger charge is 2.14. The van der Waals surface area contributed by atoms with E-state index in [0.29, 0.717) is 0 Å². The molecule has 1 aromatic heterocycles. The molecule has 2 aromatic carbocycles. The standard InChI is InChI=1S/C17H15FOS/c18-15-7-5-12(6-8-15)13(10-19)9-14-11-20-17-4-2-1-3-16(14)17/h1-8,11,13,19H,9-10H2. The second-order valence-corrected chi connectivity index (χ2v) is 5.80. The molecule has 20 heavy (non-hydrogen) atoms. The summed E-state index contributed by atoms with van der Waals surface area (Å²) in [6, 6.07) is 14.7. The van der Waals surface area contributed by atoms with Crippen molar-refractivity contribution in [3.8, 4) is 0 Å². The third kappa shape index (κ3) is 2.60. The predicted molar refractivity (Wildman–Crippen MR) is 81.8 cm³/mol. The van der Waals surface area contributed by atoms with Crippen molar-refractivity contribution in [2.75, 3.05) is 6.61 Å². The average Bonchev–Trinajstić information content (AvgIpc) is 2.89. The molecular formula is C17H15FOS. The van der Waals surface area contributed by atoms with E-state index < -0.39 is 0 Å². The first-order valence-corrected chi connectivity index (χ1v) is 7.47. The van der Waals surface area contributed by atoms with Gasteiger partial charge in [0.15, 0.2) is 0 Å². The van der Waals surface area contributed by atoms with Crippen LogP contribution in [0.1, 0.15) is 17.0 Å². The molecule has 1 unspecified atom stereocenters. The fourth-order valence-electron chi connectivity index (χ4n) is 2.48. The number of halogens is 1. The van der Waals surface area contributed by atoms with Crippen molar-refractivity contribution in [2.24, 2.45) is 0 Å². The lowest BCUT2D eigenvalue weighted by atomic mass is 9.92.